The molecule has 1 aliphatic heterocycles. The Bertz CT molecular complexity index is 1180. The number of hydrogen-bond donors (Lipinski definition) is 1. The number of nitrogens with zero attached hydrogens (tertiary/aromatic N) is 2. The number of rotatable bonds is 3. The fraction of sp³-hybridized carbons (Fsp3) is 0.400. The Balaban J connectivity index is 1.43. The molecule has 1 N–H and O–H groups in total. The van der Waals surface area contributed by atoms with Crippen LogP contribution in [0.15, 0.2) is 59.5 Å². The van der Waals surface area contributed by atoms with Crippen LogP contribution in [0.5, 0.6) is 5.75 Å². The summed E-state index contributed by atoms with van der Waals surface area (Å²) in [6.07, 6.45) is 7.94. The summed E-state index contributed by atoms with van der Waals surface area (Å²) in [7, 11) is 0. The van der Waals surface area contributed by atoms with Crippen LogP contribution in [0.1, 0.15) is 63.1 Å². The molecule has 1 fully saturated rings. The van der Waals surface area contributed by atoms with Gasteiger partial charge in [-0.1, -0.05) is 42.8 Å². The fourth-order valence-corrected chi connectivity index (χ4v) is 5.03. The van der Waals surface area contributed by atoms with Gasteiger partial charge in [0.15, 0.2) is 0 Å². The lowest BCUT2D eigenvalue weighted by molar-refractivity contribution is -0.125. The van der Waals surface area contributed by atoms with E-state index in [4.69, 9.17) is 4.74 Å². The zero-order valence-electron chi connectivity index (χ0n) is 17.7. The maximum atomic E-state index is 13.2. The second kappa shape index (κ2) is 7.84. The lowest BCUT2D eigenvalue weighted by atomic mass is 9.77. The zero-order chi connectivity index (χ0) is 21.4. The molecule has 2 atom stereocenters. The van der Waals surface area contributed by atoms with Crippen LogP contribution in [0.2, 0.25) is 0 Å². The van der Waals surface area contributed by atoms with Gasteiger partial charge in [0.2, 0.25) is 5.91 Å². The molecule has 0 saturated heterocycles. The van der Waals surface area contributed by atoms with Gasteiger partial charge in [0, 0.05) is 17.4 Å². The average molecular weight is 418 g/mol. The second-order valence-electron chi connectivity index (χ2n) is 8.81. The molecule has 6 nitrogen and oxygen atoms in total. The minimum Gasteiger partial charge on any atom is -0.487 e. The second-order valence-corrected chi connectivity index (χ2v) is 8.81. The number of hydrogen-bond acceptors (Lipinski definition) is 4. The number of nitrogens with one attached hydrogen (secondary N) is 1. The third-order valence-electron chi connectivity index (χ3n) is 6.75. The molecule has 2 aromatic carbocycles. The van der Waals surface area contributed by atoms with E-state index in [1.165, 1.54) is 11.1 Å². The Morgan fingerprint density at radius 1 is 1.13 bits per heavy atom. The van der Waals surface area contributed by atoms with Gasteiger partial charge in [-0.15, -0.1) is 0 Å². The minimum absolute atomic E-state index is 0.144. The van der Waals surface area contributed by atoms with Gasteiger partial charge in [-0.2, -0.15) is 5.10 Å². The van der Waals surface area contributed by atoms with Crippen LogP contribution in [0.4, 0.5) is 0 Å². The Morgan fingerprint density at radius 2 is 1.87 bits per heavy atom. The van der Waals surface area contributed by atoms with Crippen molar-refractivity contribution in [2.75, 3.05) is 0 Å². The third-order valence-corrected chi connectivity index (χ3v) is 6.75. The molecule has 2 heterocycles. The number of carbonyl (C=O) groups is 1. The highest BCUT2D eigenvalue weighted by Gasteiger charge is 2.42. The summed E-state index contributed by atoms with van der Waals surface area (Å²) in [4.78, 5) is 26.1. The fourth-order valence-electron chi connectivity index (χ4n) is 5.03. The highest BCUT2D eigenvalue weighted by Crippen LogP contribution is 2.46. The van der Waals surface area contributed by atoms with E-state index in [0.29, 0.717) is 5.39 Å². The molecule has 1 aliphatic carbocycles. The van der Waals surface area contributed by atoms with Crippen molar-refractivity contribution in [3.63, 3.8) is 0 Å². The molecular weight excluding hydrogens is 390 g/mol. The number of amides is 1. The SMILES string of the molecule is C[C@@H](C(=O)N[C@H]1CC2(CCCCC2)Oc2ccccc21)n1ncc2ccccc2c1=O. The molecule has 1 spiro atoms. The molecule has 1 aromatic heterocycles. The molecular formula is C25H27N3O3. The molecule has 0 bridgehead atoms. The first-order valence-electron chi connectivity index (χ1n) is 11.1. The van der Waals surface area contributed by atoms with E-state index in [0.717, 1.165) is 48.8 Å². The summed E-state index contributed by atoms with van der Waals surface area (Å²) in [6.45, 7) is 1.72. The Morgan fingerprint density at radius 3 is 2.71 bits per heavy atom. The van der Waals surface area contributed by atoms with E-state index in [2.05, 4.69) is 10.4 Å². The maximum absolute atomic E-state index is 13.2. The van der Waals surface area contributed by atoms with Crippen molar-refractivity contribution in [2.24, 2.45) is 0 Å². The summed E-state index contributed by atoms with van der Waals surface area (Å²) in [6, 6.07) is 14.4. The van der Waals surface area contributed by atoms with Gasteiger partial charge in [-0.3, -0.25) is 9.59 Å². The molecule has 5 rings (SSSR count). The average Bonchev–Trinajstić information content (AvgIpc) is 2.79. The summed E-state index contributed by atoms with van der Waals surface area (Å²) in [5, 5.41) is 8.81. The number of benzene rings is 2. The van der Waals surface area contributed by atoms with Crippen LogP contribution in [0, 0.1) is 0 Å². The van der Waals surface area contributed by atoms with Gasteiger partial charge in [-0.05, 0) is 44.7 Å². The zero-order valence-corrected chi connectivity index (χ0v) is 17.7. The van der Waals surface area contributed by atoms with Crippen LogP contribution in [-0.4, -0.2) is 21.3 Å². The van der Waals surface area contributed by atoms with Gasteiger partial charge in [-0.25, -0.2) is 4.68 Å². The summed E-state index contributed by atoms with van der Waals surface area (Å²) < 4.78 is 7.74. The molecule has 3 aromatic rings. The van der Waals surface area contributed by atoms with E-state index < -0.39 is 6.04 Å². The Kier molecular flexibility index (Phi) is 5.00. The van der Waals surface area contributed by atoms with E-state index in [1.807, 2.05) is 42.5 Å². The van der Waals surface area contributed by atoms with Gasteiger partial charge in [0.25, 0.3) is 5.56 Å². The largest absolute Gasteiger partial charge is 0.487 e. The van der Waals surface area contributed by atoms with Crippen molar-refractivity contribution in [3.05, 3.63) is 70.6 Å². The topological polar surface area (TPSA) is 73.2 Å². The normalized spacial score (nSPS) is 20.6. The molecule has 6 heteroatoms. The van der Waals surface area contributed by atoms with Gasteiger partial charge < -0.3 is 10.1 Å². The van der Waals surface area contributed by atoms with Crippen LogP contribution in [0.3, 0.4) is 0 Å². The van der Waals surface area contributed by atoms with Gasteiger partial charge in [0.05, 0.1) is 17.6 Å². The summed E-state index contributed by atoms with van der Waals surface area (Å²) >= 11 is 0. The van der Waals surface area contributed by atoms with Gasteiger partial charge in [0.1, 0.15) is 17.4 Å². The predicted molar refractivity (Wildman–Crippen MR) is 119 cm³/mol. The Labute approximate surface area is 181 Å². The third kappa shape index (κ3) is 3.60. The standard InChI is InChI=1S/C25H27N3O3/c1-17(28-24(30)19-10-4-3-9-18(19)16-26-28)23(29)27-21-15-25(13-7-2-8-14-25)31-22-12-6-5-11-20(21)22/h3-6,9-12,16-17,21H,2,7-8,13-15H2,1H3,(H,27,29)/t17-,21-/m0/s1. The number of aromatic nitrogens is 2. The number of ether oxygens (including phenoxy) is 1. The molecule has 1 amide bonds. The van der Waals surface area contributed by atoms with Crippen molar-refractivity contribution >= 4 is 16.7 Å². The van der Waals surface area contributed by atoms with Crippen molar-refractivity contribution in [1.82, 2.24) is 15.1 Å². The smallest absolute Gasteiger partial charge is 0.275 e. The van der Waals surface area contributed by atoms with Crippen LogP contribution in [-0.2, 0) is 4.79 Å². The van der Waals surface area contributed by atoms with Crippen molar-refractivity contribution < 1.29 is 9.53 Å². The molecule has 31 heavy (non-hydrogen) atoms. The first kappa shape index (κ1) is 19.8. The summed E-state index contributed by atoms with van der Waals surface area (Å²) in [5.41, 5.74) is 0.529. The lowest BCUT2D eigenvalue weighted by Gasteiger charge is -2.44. The summed E-state index contributed by atoms with van der Waals surface area (Å²) in [5.74, 6) is 0.646. The first-order chi connectivity index (χ1) is 15.1. The van der Waals surface area contributed by atoms with E-state index in [-0.39, 0.29) is 23.1 Å². The van der Waals surface area contributed by atoms with Gasteiger partial charge >= 0.3 is 0 Å². The Hall–Kier alpha value is -3.15. The van der Waals surface area contributed by atoms with Crippen LogP contribution in [0.25, 0.3) is 10.8 Å². The molecule has 160 valence electrons. The van der Waals surface area contributed by atoms with E-state index >= 15 is 0 Å². The number of fused-ring (bicyclic) bond motifs is 2. The van der Waals surface area contributed by atoms with Crippen LogP contribution >= 0.6 is 0 Å². The highest BCUT2D eigenvalue weighted by atomic mass is 16.5. The predicted octanol–water partition coefficient (Wildman–Crippen LogP) is 4.30. The van der Waals surface area contributed by atoms with E-state index in [9.17, 15) is 9.59 Å². The van der Waals surface area contributed by atoms with Crippen LogP contribution < -0.4 is 15.6 Å². The van der Waals surface area contributed by atoms with Crippen molar-refractivity contribution in [2.45, 2.75) is 63.1 Å². The molecule has 0 radical (unpaired) electrons. The number of para-hydroxylation sites is 1. The molecule has 1 saturated carbocycles. The quantitative estimate of drug-likeness (QED) is 0.690. The number of carbonyl (C=O) groups excluding carboxylic acids is 1. The van der Waals surface area contributed by atoms with Crippen molar-refractivity contribution in [3.8, 4) is 5.75 Å². The first-order valence-corrected chi connectivity index (χ1v) is 11.1. The molecule has 2 aliphatic rings. The van der Waals surface area contributed by atoms with E-state index in [1.54, 1.807) is 19.2 Å². The molecule has 0 unspecified atom stereocenters. The lowest BCUT2D eigenvalue weighted by Crippen LogP contribution is -2.47. The monoisotopic (exact) mass is 417 g/mol. The maximum Gasteiger partial charge on any atom is 0.275 e. The van der Waals surface area contributed by atoms with Crippen molar-refractivity contribution in [1.29, 1.82) is 0 Å². The minimum atomic E-state index is -0.714. The highest BCUT2D eigenvalue weighted by molar-refractivity contribution is 5.83.